The van der Waals surface area contributed by atoms with Gasteiger partial charge in [-0.25, -0.2) is 4.39 Å². The molecule has 2 heterocycles. The largest absolute Gasteiger partial charge is 0.457 e. The van der Waals surface area contributed by atoms with Crippen LogP contribution in [0.5, 0.6) is 0 Å². The van der Waals surface area contributed by atoms with Crippen molar-refractivity contribution in [2.45, 2.75) is 0 Å². The van der Waals surface area contributed by atoms with Gasteiger partial charge in [0.2, 0.25) is 0 Å². The number of amides is 1. The smallest absolute Gasteiger partial charge is 0.270 e. The molecule has 0 N–H and O–H groups in total. The molecule has 0 unspecified atom stereocenters. The number of thioether (sulfide) groups is 1. The van der Waals surface area contributed by atoms with Gasteiger partial charge in [-0.1, -0.05) is 47.2 Å². The lowest BCUT2D eigenvalue weighted by atomic mass is 10.2. The number of carbonyl (C=O) groups is 1. The average molecular weight is 450 g/mol. The minimum Gasteiger partial charge on any atom is -0.457 e. The summed E-state index contributed by atoms with van der Waals surface area (Å²) in [6.45, 7) is 0. The summed E-state index contributed by atoms with van der Waals surface area (Å²) >= 11 is 18.5. The molecular weight excluding hydrogens is 440 g/mol. The van der Waals surface area contributed by atoms with Gasteiger partial charge >= 0.3 is 0 Å². The number of hydrogen-bond donors (Lipinski definition) is 0. The molecule has 28 heavy (non-hydrogen) atoms. The van der Waals surface area contributed by atoms with Crippen LogP contribution in [0.2, 0.25) is 10.0 Å². The van der Waals surface area contributed by atoms with Crippen LogP contribution in [0.1, 0.15) is 5.76 Å². The van der Waals surface area contributed by atoms with E-state index >= 15 is 0 Å². The number of hydrogen-bond acceptors (Lipinski definition) is 4. The molecule has 2 aromatic carbocycles. The SMILES string of the molecule is O=C1/C(=C\c2ccc(-c3ccc(Cl)c(Cl)c3)o2)SC(=S)N1c1ccc(F)cc1. The molecule has 0 spiro atoms. The molecule has 0 atom stereocenters. The summed E-state index contributed by atoms with van der Waals surface area (Å²) in [5, 5.41) is 0.888. The van der Waals surface area contributed by atoms with Crippen molar-refractivity contribution in [1.82, 2.24) is 0 Å². The van der Waals surface area contributed by atoms with Crippen LogP contribution < -0.4 is 4.90 Å². The molecule has 0 radical (unpaired) electrons. The fourth-order valence-electron chi connectivity index (χ4n) is 2.64. The Hall–Kier alpha value is -2.12. The second-order valence-electron chi connectivity index (χ2n) is 5.82. The third kappa shape index (κ3) is 3.73. The van der Waals surface area contributed by atoms with Crippen LogP contribution in [0.15, 0.2) is 63.9 Å². The fourth-order valence-corrected chi connectivity index (χ4v) is 4.22. The molecule has 0 bridgehead atoms. The van der Waals surface area contributed by atoms with Crippen molar-refractivity contribution in [2.24, 2.45) is 0 Å². The summed E-state index contributed by atoms with van der Waals surface area (Å²) < 4.78 is 19.3. The van der Waals surface area contributed by atoms with Crippen LogP contribution in [0, 0.1) is 5.82 Å². The molecular formula is C20H10Cl2FNO2S2. The molecule has 1 amide bonds. The van der Waals surface area contributed by atoms with Crippen LogP contribution in [0.25, 0.3) is 17.4 Å². The van der Waals surface area contributed by atoms with Crippen molar-refractivity contribution in [3.8, 4) is 11.3 Å². The van der Waals surface area contributed by atoms with E-state index < -0.39 is 0 Å². The van der Waals surface area contributed by atoms with E-state index in [2.05, 4.69) is 0 Å². The van der Waals surface area contributed by atoms with Gasteiger partial charge in [0, 0.05) is 11.6 Å². The van der Waals surface area contributed by atoms with Gasteiger partial charge in [0.15, 0.2) is 4.32 Å². The first-order valence-corrected chi connectivity index (χ1v) is 9.99. The highest BCUT2D eigenvalue weighted by atomic mass is 35.5. The van der Waals surface area contributed by atoms with Crippen LogP contribution in [0.4, 0.5) is 10.1 Å². The summed E-state index contributed by atoms with van der Waals surface area (Å²) in [5.41, 5.74) is 1.29. The van der Waals surface area contributed by atoms with E-state index in [1.54, 1.807) is 36.4 Å². The average Bonchev–Trinajstić information content (AvgIpc) is 3.24. The van der Waals surface area contributed by atoms with E-state index in [-0.39, 0.29) is 11.7 Å². The quantitative estimate of drug-likeness (QED) is 0.325. The van der Waals surface area contributed by atoms with Crippen LogP contribution in [-0.2, 0) is 4.79 Å². The van der Waals surface area contributed by atoms with Gasteiger partial charge in [-0.3, -0.25) is 9.69 Å². The van der Waals surface area contributed by atoms with Crippen molar-refractivity contribution in [3.05, 3.63) is 81.1 Å². The lowest BCUT2D eigenvalue weighted by molar-refractivity contribution is -0.113. The van der Waals surface area contributed by atoms with E-state index in [1.807, 2.05) is 0 Å². The zero-order chi connectivity index (χ0) is 19.8. The van der Waals surface area contributed by atoms with Gasteiger partial charge in [-0.05, 0) is 54.6 Å². The summed E-state index contributed by atoms with van der Waals surface area (Å²) in [5.74, 6) is 0.434. The fraction of sp³-hybridized carbons (Fsp3) is 0. The molecule has 0 aliphatic carbocycles. The maximum Gasteiger partial charge on any atom is 0.270 e. The minimum absolute atomic E-state index is 0.283. The first kappa shape index (κ1) is 19.2. The maximum absolute atomic E-state index is 13.1. The molecule has 0 saturated carbocycles. The highest BCUT2D eigenvalue weighted by Gasteiger charge is 2.33. The van der Waals surface area contributed by atoms with Gasteiger partial charge < -0.3 is 4.42 Å². The highest BCUT2D eigenvalue weighted by molar-refractivity contribution is 8.27. The number of anilines is 1. The number of furan rings is 1. The molecule has 1 aliphatic heterocycles. The molecule has 1 saturated heterocycles. The third-order valence-corrected chi connectivity index (χ3v) is 6.02. The molecule has 8 heteroatoms. The summed E-state index contributed by atoms with van der Waals surface area (Å²) in [7, 11) is 0. The van der Waals surface area contributed by atoms with E-state index in [0.29, 0.717) is 36.5 Å². The van der Waals surface area contributed by atoms with Crippen molar-refractivity contribution in [2.75, 3.05) is 4.90 Å². The number of halogens is 3. The number of benzene rings is 2. The number of thiocarbonyl (C=S) groups is 1. The number of nitrogens with zero attached hydrogens (tertiary/aromatic N) is 1. The van der Waals surface area contributed by atoms with Crippen LogP contribution in [-0.4, -0.2) is 10.2 Å². The van der Waals surface area contributed by atoms with Gasteiger partial charge in [-0.2, -0.15) is 0 Å². The predicted octanol–water partition coefficient (Wildman–Crippen LogP) is 6.80. The lowest BCUT2D eigenvalue weighted by Gasteiger charge is -2.14. The third-order valence-electron chi connectivity index (χ3n) is 3.98. The Balaban J connectivity index is 1.60. The Morgan fingerprint density at radius 3 is 2.50 bits per heavy atom. The minimum atomic E-state index is -0.379. The monoisotopic (exact) mass is 449 g/mol. The Labute approximate surface area is 179 Å². The van der Waals surface area contributed by atoms with E-state index in [1.165, 1.54) is 29.2 Å². The number of rotatable bonds is 3. The van der Waals surface area contributed by atoms with E-state index in [0.717, 1.165) is 17.3 Å². The van der Waals surface area contributed by atoms with Crippen molar-refractivity contribution >= 4 is 69.2 Å². The standard InChI is InChI=1S/C20H10Cl2FNO2S2/c21-15-7-1-11(9-16(15)22)17-8-6-14(26-17)10-18-19(25)24(20(27)28-18)13-4-2-12(23)3-5-13/h1-10H/b18-10+. The van der Waals surface area contributed by atoms with Gasteiger partial charge in [0.1, 0.15) is 17.3 Å². The number of carbonyl (C=O) groups excluding carboxylic acids is 1. The molecule has 1 aliphatic rings. The molecule has 3 aromatic rings. The Kier molecular flexibility index (Phi) is 5.29. The first-order valence-electron chi connectivity index (χ1n) is 8.01. The van der Waals surface area contributed by atoms with Gasteiger partial charge in [0.05, 0.1) is 20.6 Å². The Bertz CT molecular complexity index is 1130. The predicted molar refractivity (Wildman–Crippen MR) is 116 cm³/mol. The summed E-state index contributed by atoms with van der Waals surface area (Å²) in [6, 6.07) is 14.3. The van der Waals surface area contributed by atoms with Crippen LogP contribution in [0.3, 0.4) is 0 Å². The van der Waals surface area contributed by atoms with Crippen LogP contribution >= 0.6 is 47.2 Å². The zero-order valence-corrected chi connectivity index (χ0v) is 17.1. The van der Waals surface area contributed by atoms with Gasteiger partial charge in [-0.15, -0.1) is 0 Å². The summed E-state index contributed by atoms with van der Waals surface area (Å²) in [6.07, 6.45) is 1.63. The van der Waals surface area contributed by atoms with E-state index in [9.17, 15) is 9.18 Å². The first-order chi connectivity index (χ1) is 13.4. The molecule has 1 fully saturated rings. The second kappa shape index (κ2) is 7.72. The lowest BCUT2D eigenvalue weighted by Crippen LogP contribution is -2.27. The van der Waals surface area contributed by atoms with Crippen molar-refractivity contribution < 1.29 is 13.6 Å². The van der Waals surface area contributed by atoms with Gasteiger partial charge in [0.25, 0.3) is 5.91 Å². The van der Waals surface area contributed by atoms with Crippen molar-refractivity contribution in [1.29, 1.82) is 0 Å². The topological polar surface area (TPSA) is 33.5 Å². The van der Waals surface area contributed by atoms with E-state index in [4.69, 9.17) is 39.8 Å². The van der Waals surface area contributed by atoms with Crippen molar-refractivity contribution in [3.63, 3.8) is 0 Å². The Morgan fingerprint density at radius 2 is 1.79 bits per heavy atom. The zero-order valence-electron chi connectivity index (χ0n) is 14.0. The molecule has 4 rings (SSSR count). The second-order valence-corrected chi connectivity index (χ2v) is 8.31. The Morgan fingerprint density at radius 1 is 1.04 bits per heavy atom. The normalized spacial score (nSPS) is 15.7. The summed E-state index contributed by atoms with van der Waals surface area (Å²) in [4.78, 5) is 14.5. The molecule has 140 valence electrons. The highest BCUT2D eigenvalue weighted by Crippen LogP contribution is 2.37. The molecule has 3 nitrogen and oxygen atoms in total. The maximum atomic E-state index is 13.1. The molecule has 1 aromatic heterocycles.